The van der Waals surface area contributed by atoms with E-state index in [1.165, 1.54) is 56.9 Å². The first-order valence-electron chi connectivity index (χ1n) is 8.63. The number of hydrogen-bond donors (Lipinski definition) is 1. The van der Waals surface area contributed by atoms with Gasteiger partial charge in [-0.1, -0.05) is 56.5 Å². The minimum Gasteiger partial charge on any atom is -0.377 e. The second-order valence-corrected chi connectivity index (χ2v) is 6.32. The van der Waals surface area contributed by atoms with Gasteiger partial charge in [0.1, 0.15) is 0 Å². The summed E-state index contributed by atoms with van der Waals surface area (Å²) in [5, 5.41) is 3.71. The van der Waals surface area contributed by atoms with Crippen LogP contribution in [-0.2, 0) is 11.2 Å². The predicted molar refractivity (Wildman–Crippen MR) is 89.7 cm³/mol. The minimum absolute atomic E-state index is 0.0744. The van der Waals surface area contributed by atoms with Crippen molar-refractivity contribution < 1.29 is 4.74 Å². The molecule has 21 heavy (non-hydrogen) atoms. The van der Waals surface area contributed by atoms with Crippen molar-refractivity contribution in [2.24, 2.45) is 0 Å². The molecule has 1 unspecified atom stereocenters. The molecule has 1 aliphatic rings. The van der Waals surface area contributed by atoms with Crippen LogP contribution in [0, 0.1) is 0 Å². The Morgan fingerprint density at radius 3 is 2.48 bits per heavy atom. The van der Waals surface area contributed by atoms with E-state index in [-0.39, 0.29) is 5.60 Å². The summed E-state index contributed by atoms with van der Waals surface area (Å²) in [5.74, 6) is 0. The molecule has 2 heteroatoms. The van der Waals surface area contributed by atoms with E-state index in [1.807, 2.05) is 7.11 Å². The van der Waals surface area contributed by atoms with Gasteiger partial charge in [0.25, 0.3) is 0 Å². The van der Waals surface area contributed by atoms with Crippen LogP contribution >= 0.6 is 0 Å². The van der Waals surface area contributed by atoms with E-state index >= 15 is 0 Å². The average molecular weight is 289 g/mol. The van der Waals surface area contributed by atoms with E-state index in [4.69, 9.17) is 4.74 Å². The lowest BCUT2D eigenvalue weighted by molar-refractivity contribution is -0.0692. The standard InChI is InChI=1S/C19H31NO/c1-3-20-18(19(21-2)15-8-5-9-16-19)14-10-13-17-11-6-4-7-12-17/h4,6-7,11-12,18,20H,3,5,8-10,13-16H2,1-2H3. The van der Waals surface area contributed by atoms with Crippen LogP contribution < -0.4 is 5.32 Å². The van der Waals surface area contributed by atoms with Crippen LogP contribution in [0.25, 0.3) is 0 Å². The van der Waals surface area contributed by atoms with Crippen molar-refractivity contribution in [1.29, 1.82) is 0 Å². The van der Waals surface area contributed by atoms with Gasteiger partial charge in [-0.05, 0) is 44.2 Å². The lowest BCUT2D eigenvalue weighted by atomic mass is 9.77. The highest BCUT2D eigenvalue weighted by Gasteiger charge is 2.39. The second kappa shape index (κ2) is 8.55. The fourth-order valence-electron chi connectivity index (χ4n) is 3.80. The Kier molecular flexibility index (Phi) is 6.72. The second-order valence-electron chi connectivity index (χ2n) is 6.32. The van der Waals surface area contributed by atoms with Crippen LogP contribution in [0.15, 0.2) is 30.3 Å². The summed E-state index contributed by atoms with van der Waals surface area (Å²) in [6.07, 6.45) is 10.0. The average Bonchev–Trinajstić information content (AvgIpc) is 2.56. The molecule has 0 aromatic heterocycles. The van der Waals surface area contributed by atoms with Gasteiger partial charge in [-0.15, -0.1) is 0 Å². The van der Waals surface area contributed by atoms with Crippen molar-refractivity contribution in [1.82, 2.24) is 5.32 Å². The third-order valence-electron chi connectivity index (χ3n) is 4.99. The van der Waals surface area contributed by atoms with Crippen LogP contribution in [0.2, 0.25) is 0 Å². The molecule has 0 saturated heterocycles. The summed E-state index contributed by atoms with van der Waals surface area (Å²) in [4.78, 5) is 0. The van der Waals surface area contributed by atoms with Crippen molar-refractivity contribution in [3.63, 3.8) is 0 Å². The summed E-state index contributed by atoms with van der Waals surface area (Å²) in [5.41, 5.74) is 1.52. The van der Waals surface area contributed by atoms with Gasteiger partial charge in [-0.25, -0.2) is 0 Å². The minimum atomic E-state index is 0.0744. The first-order valence-corrected chi connectivity index (χ1v) is 8.63. The molecule has 0 radical (unpaired) electrons. The number of nitrogens with one attached hydrogen (secondary N) is 1. The van der Waals surface area contributed by atoms with Gasteiger partial charge in [0, 0.05) is 13.2 Å². The molecule has 1 fully saturated rings. The number of benzene rings is 1. The maximum atomic E-state index is 6.03. The van der Waals surface area contributed by atoms with Gasteiger partial charge in [-0.2, -0.15) is 0 Å². The molecule has 1 saturated carbocycles. The van der Waals surface area contributed by atoms with Crippen LogP contribution in [0.5, 0.6) is 0 Å². The topological polar surface area (TPSA) is 21.3 Å². The van der Waals surface area contributed by atoms with Gasteiger partial charge in [-0.3, -0.25) is 0 Å². The Morgan fingerprint density at radius 2 is 1.86 bits per heavy atom. The third kappa shape index (κ3) is 4.55. The monoisotopic (exact) mass is 289 g/mol. The normalized spacial score (nSPS) is 19.3. The molecule has 1 aromatic carbocycles. The van der Waals surface area contributed by atoms with E-state index in [0.717, 1.165) is 6.54 Å². The zero-order valence-electron chi connectivity index (χ0n) is 13.7. The molecule has 0 heterocycles. The number of aryl methyl sites for hydroxylation is 1. The van der Waals surface area contributed by atoms with Crippen LogP contribution in [0.1, 0.15) is 57.4 Å². The van der Waals surface area contributed by atoms with Gasteiger partial charge >= 0.3 is 0 Å². The lowest BCUT2D eigenvalue weighted by Gasteiger charge is -2.43. The van der Waals surface area contributed by atoms with Crippen molar-refractivity contribution in [2.45, 2.75) is 69.9 Å². The quantitative estimate of drug-likeness (QED) is 0.769. The maximum Gasteiger partial charge on any atom is 0.0830 e. The molecule has 0 bridgehead atoms. The number of likely N-dealkylation sites (N-methyl/N-ethyl adjacent to an activating group) is 1. The summed E-state index contributed by atoms with van der Waals surface area (Å²) >= 11 is 0. The molecule has 1 aliphatic carbocycles. The van der Waals surface area contributed by atoms with E-state index in [0.29, 0.717) is 6.04 Å². The first kappa shape index (κ1) is 16.5. The van der Waals surface area contributed by atoms with Gasteiger partial charge in [0.05, 0.1) is 5.60 Å². The Hall–Kier alpha value is -0.860. The van der Waals surface area contributed by atoms with E-state index in [1.54, 1.807) is 0 Å². The highest BCUT2D eigenvalue weighted by molar-refractivity contribution is 5.14. The first-order chi connectivity index (χ1) is 10.3. The molecule has 0 amide bonds. The smallest absolute Gasteiger partial charge is 0.0830 e. The van der Waals surface area contributed by atoms with Gasteiger partial charge in [0.2, 0.25) is 0 Å². The summed E-state index contributed by atoms with van der Waals surface area (Å²) in [6.45, 7) is 3.23. The summed E-state index contributed by atoms with van der Waals surface area (Å²) in [7, 11) is 1.91. The third-order valence-corrected chi connectivity index (χ3v) is 4.99. The molecule has 1 N–H and O–H groups in total. The van der Waals surface area contributed by atoms with Crippen molar-refractivity contribution in [3.05, 3.63) is 35.9 Å². The molecule has 1 aromatic rings. The molecule has 118 valence electrons. The molecular weight excluding hydrogens is 258 g/mol. The SMILES string of the molecule is CCNC(CCCc1ccccc1)C1(OC)CCCCC1. The zero-order chi connectivity index (χ0) is 15.0. The fraction of sp³-hybridized carbons (Fsp3) is 0.684. The number of hydrogen-bond acceptors (Lipinski definition) is 2. The van der Waals surface area contributed by atoms with Gasteiger partial charge in [0.15, 0.2) is 0 Å². The molecular formula is C19H31NO. The lowest BCUT2D eigenvalue weighted by Crippen LogP contribution is -2.53. The Balaban J connectivity index is 1.91. The molecule has 1 atom stereocenters. The molecule has 0 spiro atoms. The summed E-state index contributed by atoms with van der Waals surface area (Å²) < 4.78 is 6.03. The van der Waals surface area contributed by atoms with E-state index in [2.05, 4.69) is 42.6 Å². The van der Waals surface area contributed by atoms with E-state index in [9.17, 15) is 0 Å². The van der Waals surface area contributed by atoms with Crippen LogP contribution in [0.3, 0.4) is 0 Å². The van der Waals surface area contributed by atoms with Crippen molar-refractivity contribution in [3.8, 4) is 0 Å². The Bertz CT molecular complexity index is 384. The highest BCUT2D eigenvalue weighted by atomic mass is 16.5. The van der Waals surface area contributed by atoms with E-state index < -0.39 is 0 Å². The molecule has 2 rings (SSSR count). The zero-order valence-corrected chi connectivity index (χ0v) is 13.7. The van der Waals surface area contributed by atoms with Crippen LogP contribution in [-0.4, -0.2) is 25.3 Å². The Labute approximate surface area is 130 Å². The van der Waals surface area contributed by atoms with Crippen molar-refractivity contribution >= 4 is 0 Å². The highest BCUT2D eigenvalue weighted by Crippen LogP contribution is 2.35. The molecule has 2 nitrogen and oxygen atoms in total. The van der Waals surface area contributed by atoms with Crippen molar-refractivity contribution in [2.75, 3.05) is 13.7 Å². The largest absolute Gasteiger partial charge is 0.377 e. The number of rotatable bonds is 8. The Morgan fingerprint density at radius 1 is 1.14 bits per heavy atom. The van der Waals surface area contributed by atoms with Gasteiger partial charge < -0.3 is 10.1 Å². The maximum absolute atomic E-state index is 6.03. The number of ether oxygens (including phenoxy) is 1. The summed E-state index contributed by atoms with van der Waals surface area (Å²) in [6, 6.07) is 11.3. The fourth-order valence-corrected chi connectivity index (χ4v) is 3.80. The predicted octanol–water partition coefficient (Wildman–Crippen LogP) is 4.34. The van der Waals surface area contributed by atoms with Crippen LogP contribution in [0.4, 0.5) is 0 Å². The molecule has 0 aliphatic heterocycles. The number of methoxy groups -OCH3 is 1.